The summed E-state index contributed by atoms with van der Waals surface area (Å²) >= 11 is 0. The molecule has 3 atom stereocenters. The number of benzene rings is 1. The Balaban J connectivity index is 1.46. The Morgan fingerprint density at radius 1 is 1.10 bits per heavy atom. The number of anilines is 1. The Labute approximate surface area is 181 Å². The SMILES string of the molecule is Cc1cccc(NC(=O)C[NH+]2CC[NH+]([C@@H](C)C(=O)N3C[C@H](C)C[C@H](C)C3)CC2)c1C. The van der Waals surface area contributed by atoms with Crippen LogP contribution in [0.15, 0.2) is 18.2 Å². The van der Waals surface area contributed by atoms with Gasteiger partial charge in [0, 0.05) is 18.8 Å². The van der Waals surface area contributed by atoms with Crippen molar-refractivity contribution >= 4 is 17.5 Å². The number of aryl methyl sites for hydroxylation is 1. The van der Waals surface area contributed by atoms with Crippen molar-refractivity contribution in [2.45, 2.75) is 47.1 Å². The molecule has 0 bridgehead atoms. The standard InChI is InChI=1S/C24H38N4O2/c1-17-13-18(2)15-28(14-17)24(30)21(5)27-11-9-26(10-12-27)16-23(29)25-22-8-6-7-19(3)20(22)4/h6-8,17-18,21H,9-16H2,1-5H3,(H,25,29)/p+2/t17-,18+,21-/m0/s1. The van der Waals surface area contributed by atoms with Gasteiger partial charge in [-0.15, -0.1) is 0 Å². The molecule has 0 radical (unpaired) electrons. The highest BCUT2D eigenvalue weighted by atomic mass is 16.2. The van der Waals surface area contributed by atoms with Crippen molar-refractivity contribution in [1.82, 2.24) is 4.90 Å². The van der Waals surface area contributed by atoms with Crippen LogP contribution in [0.25, 0.3) is 0 Å². The molecular weight excluding hydrogens is 376 g/mol. The van der Waals surface area contributed by atoms with E-state index in [0.29, 0.717) is 24.3 Å². The molecule has 166 valence electrons. The lowest BCUT2D eigenvalue weighted by Crippen LogP contribution is -3.30. The molecule has 2 saturated heterocycles. The Morgan fingerprint density at radius 3 is 2.37 bits per heavy atom. The van der Waals surface area contributed by atoms with Crippen LogP contribution in [0, 0.1) is 25.7 Å². The Morgan fingerprint density at radius 2 is 1.73 bits per heavy atom. The first-order valence-electron chi connectivity index (χ1n) is 11.6. The molecule has 30 heavy (non-hydrogen) atoms. The third-order valence-electron chi connectivity index (χ3n) is 7.05. The molecule has 6 heteroatoms. The second-order valence-corrected chi connectivity index (χ2v) is 9.79. The van der Waals surface area contributed by atoms with Crippen molar-refractivity contribution < 1.29 is 19.4 Å². The normalized spacial score (nSPS) is 28.1. The van der Waals surface area contributed by atoms with Gasteiger partial charge in [0.05, 0.1) is 0 Å². The quantitative estimate of drug-likeness (QED) is 0.629. The molecule has 3 rings (SSSR count). The lowest BCUT2D eigenvalue weighted by atomic mass is 9.91. The lowest BCUT2D eigenvalue weighted by Gasteiger charge is -2.38. The van der Waals surface area contributed by atoms with Gasteiger partial charge < -0.3 is 20.0 Å². The van der Waals surface area contributed by atoms with Gasteiger partial charge in [-0.3, -0.25) is 9.59 Å². The van der Waals surface area contributed by atoms with Crippen LogP contribution in [0.3, 0.4) is 0 Å². The van der Waals surface area contributed by atoms with Gasteiger partial charge >= 0.3 is 0 Å². The van der Waals surface area contributed by atoms with Crippen LogP contribution < -0.4 is 15.1 Å². The Hall–Kier alpha value is -1.92. The summed E-state index contributed by atoms with van der Waals surface area (Å²) in [5, 5.41) is 3.07. The molecule has 2 heterocycles. The van der Waals surface area contributed by atoms with E-state index in [1.54, 1.807) is 0 Å². The first kappa shape index (κ1) is 22.8. The summed E-state index contributed by atoms with van der Waals surface area (Å²) in [5.74, 6) is 1.57. The summed E-state index contributed by atoms with van der Waals surface area (Å²) in [4.78, 5) is 30.3. The smallest absolute Gasteiger partial charge is 0.280 e. The number of nitrogens with one attached hydrogen (secondary N) is 3. The third-order valence-corrected chi connectivity index (χ3v) is 7.05. The van der Waals surface area contributed by atoms with E-state index in [-0.39, 0.29) is 11.9 Å². The van der Waals surface area contributed by atoms with E-state index < -0.39 is 0 Å². The highest BCUT2D eigenvalue weighted by Crippen LogP contribution is 2.21. The summed E-state index contributed by atoms with van der Waals surface area (Å²) in [5.41, 5.74) is 3.23. The van der Waals surface area contributed by atoms with Crippen molar-refractivity contribution in [1.29, 1.82) is 0 Å². The van der Waals surface area contributed by atoms with E-state index >= 15 is 0 Å². The molecule has 1 aromatic carbocycles. The van der Waals surface area contributed by atoms with Crippen molar-refractivity contribution in [3.05, 3.63) is 29.3 Å². The van der Waals surface area contributed by atoms with E-state index in [1.807, 2.05) is 19.1 Å². The number of rotatable bonds is 5. The fraction of sp³-hybridized carbons (Fsp3) is 0.667. The summed E-state index contributed by atoms with van der Waals surface area (Å²) in [6.07, 6.45) is 1.22. The van der Waals surface area contributed by atoms with Gasteiger partial charge in [-0.1, -0.05) is 26.0 Å². The first-order chi connectivity index (χ1) is 14.2. The van der Waals surface area contributed by atoms with E-state index in [1.165, 1.54) is 21.8 Å². The minimum absolute atomic E-state index is 0.00724. The largest absolute Gasteiger partial charge is 0.337 e. The molecule has 1 aromatic rings. The number of piperazine rings is 1. The molecule has 2 aliphatic rings. The van der Waals surface area contributed by atoms with Crippen molar-refractivity contribution in [3.63, 3.8) is 0 Å². The highest BCUT2D eigenvalue weighted by Gasteiger charge is 2.36. The zero-order valence-electron chi connectivity index (χ0n) is 19.4. The minimum Gasteiger partial charge on any atom is -0.337 e. The van der Waals surface area contributed by atoms with Gasteiger partial charge in [0.25, 0.3) is 11.8 Å². The average molecular weight is 417 g/mol. The summed E-state index contributed by atoms with van der Waals surface area (Å²) in [6.45, 7) is 16.7. The summed E-state index contributed by atoms with van der Waals surface area (Å²) < 4.78 is 0. The lowest BCUT2D eigenvalue weighted by molar-refractivity contribution is -1.01. The maximum absolute atomic E-state index is 13.0. The number of carbonyl (C=O) groups excluding carboxylic acids is 2. The number of piperidine rings is 1. The number of carbonyl (C=O) groups is 2. The molecule has 0 unspecified atom stereocenters. The topological polar surface area (TPSA) is 58.3 Å². The number of likely N-dealkylation sites (tertiary alicyclic amines) is 1. The van der Waals surface area contributed by atoms with Gasteiger partial charge in [0.2, 0.25) is 0 Å². The fourth-order valence-corrected chi connectivity index (χ4v) is 5.13. The van der Waals surface area contributed by atoms with Crippen LogP contribution in [0.5, 0.6) is 0 Å². The number of hydrogen-bond acceptors (Lipinski definition) is 2. The zero-order valence-corrected chi connectivity index (χ0v) is 19.4. The molecule has 3 N–H and O–H groups in total. The molecule has 0 saturated carbocycles. The van der Waals surface area contributed by atoms with Crippen LogP contribution >= 0.6 is 0 Å². The Bertz CT molecular complexity index is 748. The second kappa shape index (κ2) is 9.92. The number of amides is 2. The zero-order chi connectivity index (χ0) is 21.8. The molecular formula is C24H40N4O2+2. The predicted molar refractivity (Wildman–Crippen MR) is 120 cm³/mol. The molecule has 0 aromatic heterocycles. The van der Waals surface area contributed by atoms with Crippen molar-refractivity contribution in [2.75, 3.05) is 51.1 Å². The van der Waals surface area contributed by atoms with E-state index in [2.05, 4.69) is 44.0 Å². The van der Waals surface area contributed by atoms with E-state index in [0.717, 1.165) is 50.5 Å². The average Bonchev–Trinajstić information content (AvgIpc) is 2.70. The Kier molecular flexibility index (Phi) is 7.53. The molecule has 0 spiro atoms. The van der Waals surface area contributed by atoms with Crippen molar-refractivity contribution in [3.8, 4) is 0 Å². The van der Waals surface area contributed by atoms with Gasteiger partial charge in [0.15, 0.2) is 12.6 Å². The number of quaternary nitrogens is 2. The van der Waals surface area contributed by atoms with Crippen LogP contribution in [0.1, 0.15) is 38.3 Å². The van der Waals surface area contributed by atoms with Crippen LogP contribution in [-0.4, -0.2) is 68.6 Å². The van der Waals surface area contributed by atoms with Gasteiger partial charge in [-0.2, -0.15) is 0 Å². The third kappa shape index (κ3) is 5.61. The summed E-state index contributed by atoms with van der Waals surface area (Å²) in [6, 6.07) is 6.02. The number of nitrogens with zero attached hydrogens (tertiary/aromatic N) is 1. The molecule has 2 amide bonds. The van der Waals surface area contributed by atoms with Gasteiger partial charge in [0.1, 0.15) is 26.2 Å². The molecule has 2 fully saturated rings. The van der Waals surface area contributed by atoms with Crippen LogP contribution in [0.4, 0.5) is 5.69 Å². The maximum Gasteiger partial charge on any atom is 0.280 e. The van der Waals surface area contributed by atoms with Crippen LogP contribution in [-0.2, 0) is 9.59 Å². The maximum atomic E-state index is 13.0. The molecule has 0 aliphatic carbocycles. The van der Waals surface area contributed by atoms with E-state index in [9.17, 15) is 9.59 Å². The number of hydrogen-bond donors (Lipinski definition) is 3. The fourth-order valence-electron chi connectivity index (χ4n) is 5.13. The second-order valence-electron chi connectivity index (χ2n) is 9.79. The van der Waals surface area contributed by atoms with Crippen LogP contribution in [0.2, 0.25) is 0 Å². The molecule has 2 aliphatic heterocycles. The minimum atomic E-state index is 0.00724. The monoisotopic (exact) mass is 416 g/mol. The predicted octanol–water partition coefficient (Wildman–Crippen LogP) is -0.0817. The summed E-state index contributed by atoms with van der Waals surface area (Å²) in [7, 11) is 0. The van der Waals surface area contributed by atoms with Gasteiger partial charge in [-0.05, 0) is 56.2 Å². The molecule has 6 nitrogen and oxygen atoms in total. The van der Waals surface area contributed by atoms with Crippen molar-refractivity contribution in [2.24, 2.45) is 11.8 Å². The van der Waals surface area contributed by atoms with E-state index in [4.69, 9.17) is 0 Å². The first-order valence-corrected chi connectivity index (χ1v) is 11.6. The van der Waals surface area contributed by atoms with Gasteiger partial charge in [-0.25, -0.2) is 0 Å². The highest BCUT2D eigenvalue weighted by molar-refractivity contribution is 5.92.